The summed E-state index contributed by atoms with van der Waals surface area (Å²) in [7, 11) is 0. The maximum absolute atomic E-state index is 12.9. The Balaban J connectivity index is 1.80. The number of ether oxygens (including phenoxy) is 1. The van der Waals surface area contributed by atoms with Crippen LogP contribution in [-0.4, -0.2) is 41.7 Å². The first kappa shape index (κ1) is 12.8. The molecule has 0 unspecified atom stereocenters. The first-order valence-corrected chi connectivity index (χ1v) is 6.02. The summed E-state index contributed by atoms with van der Waals surface area (Å²) in [6.45, 7) is 1.70. The minimum Gasteiger partial charge on any atom is -0.492 e. The fourth-order valence-electron chi connectivity index (χ4n) is 2.21. The highest BCUT2D eigenvalue weighted by atomic mass is 19.1. The van der Waals surface area contributed by atoms with Gasteiger partial charge < -0.3 is 9.84 Å². The zero-order valence-corrected chi connectivity index (χ0v) is 10.0. The minimum absolute atomic E-state index is 0.336. The average molecular weight is 253 g/mol. The fraction of sp³-hybridized carbons (Fsp3) is 0.462. The maximum Gasteiger partial charge on any atom is 0.320 e. The van der Waals surface area contributed by atoms with Crippen molar-refractivity contribution in [2.24, 2.45) is 0 Å². The van der Waals surface area contributed by atoms with Crippen molar-refractivity contribution in [3.63, 3.8) is 0 Å². The molecule has 0 radical (unpaired) electrons. The predicted octanol–water partition coefficient (Wildman–Crippen LogP) is 1.75. The van der Waals surface area contributed by atoms with E-state index >= 15 is 0 Å². The van der Waals surface area contributed by atoms with Gasteiger partial charge in [-0.25, -0.2) is 4.39 Å². The van der Waals surface area contributed by atoms with Crippen LogP contribution in [0.4, 0.5) is 4.39 Å². The number of carbonyl (C=O) groups is 1. The van der Waals surface area contributed by atoms with Gasteiger partial charge in [0.25, 0.3) is 0 Å². The molecule has 1 aromatic carbocycles. The summed E-state index contributed by atoms with van der Waals surface area (Å²) in [6.07, 6.45) is 1.59. The number of benzene rings is 1. The molecule has 1 fully saturated rings. The molecule has 18 heavy (non-hydrogen) atoms. The van der Waals surface area contributed by atoms with Crippen LogP contribution in [0, 0.1) is 5.82 Å². The molecule has 4 nitrogen and oxygen atoms in total. The number of carboxylic acids is 1. The summed E-state index contributed by atoms with van der Waals surface area (Å²) in [6, 6.07) is 5.54. The molecule has 2 rings (SSSR count). The normalized spacial score (nSPS) is 19.9. The van der Waals surface area contributed by atoms with Gasteiger partial charge in [0.2, 0.25) is 0 Å². The van der Waals surface area contributed by atoms with Crippen LogP contribution < -0.4 is 4.74 Å². The van der Waals surface area contributed by atoms with Crippen LogP contribution in [0.15, 0.2) is 24.3 Å². The molecule has 0 amide bonds. The van der Waals surface area contributed by atoms with E-state index in [0.717, 1.165) is 13.0 Å². The number of hydrogen-bond acceptors (Lipinski definition) is 3. The Morgan fingerprint density at radius 3 is 3.11 bits per heavy atom. The molecule has 5 heteroatoms. The van der Waals surface area contributed by atoms with Crippen LogP contribution in [0.25, 0.3) is 0 Å². The molecule has 1 aromatic rings. The molecule has 0 bridgehead atoms. The molecule has 1 aliphatic rings. The van der Waals surface area contributed by atoms with Gasteiger partial charge in [0.15, 0.2) is 0 Å². The fourth-order valence-corrected chi connectivity index (χ4v) is 2.21. The second kappa shape index (κ2) is 5.82. The number of hydrogen-bond donors (Lipinski definition) is 1. The van der Waals surface area contributed by atoms with Gasteiger partial charge in [-0.2, -0.15) is 0 Å². The van der Waals surface area contributed by atoms with E-state index in [0.29, 0.717) is 25.3 Å². The van der Waals surface area contributed by atoms with Gasteiger partial charge >= 0.3 is 5.97 Å². The first-order valence-electron chi connectivity index (χ1n) is 6.02. The lowest BCUT2D eigenvalue weighted by molar-refractivity contribution is -0.142. The van der Waals surface area contributed by atoms with Crippen molar-refractivity contribution in [1.29, 1.82) is 0 Å². The summed E-state index contributed by atoms with van der Waals surface area (Å²) in [5.74, 6) is -0.642. The zero-order chi connectivity index (χ0) is 13.0. The Morgan fingerprint density at radius 2 is 2.39 bits per heavy atom. The monoisotopic (exact) mass is 253 g/mol. The lowest BCUT2D eigenvalue weighted by Gasteiger charge is -2.20. The van der Waals surface area contributed by atoms with Gasteiger partial charge in [-0.15, -0.1) is 0 Å². The van der Waals surface area contributed by atoms with E-state index in [2.05, 4.69) is 0 Å². The van der Waals surface area contributed by atoms with Crippen molar-refractivity contribution in [1.82, 2.24) is 4.90 Å². The molecule has 1 heterocycles. The molecule has 0 aromatic heterocycles. The number of carboxylic acid groups (broad SMARTS) is 1. The molecular formula is C13H16FNO3. The molecule has 0 spiro atoms. The summed E-state index contributed by atoms with van der Waals surface area (Å²) in [5.41, 5.74) is 0. The summed E-state index contributed by atoms with van der Waals surface area (Å²) in [5, 5.41) is 9.00. The van der Waals surface area contributed by atoms with E-state index in [1.54, 1.807) is 12.1 Å². The minimum atomic E-state index is -0.779. The number of rotatable bonds is 5. The zero-order valence-electron chi connectivity index (χ0n) is 10.0. The highest BCUT2D eigenvalue weighted by molar-refractivity contribution is 5.73. The van der Waals surface area contributed by atoms with Crippen molar-refractivity contribution >= 4 is 5.97 Å². The molecular weight excluding hydrogens is 237 g/mol. The molecule has 1 aliphatic heterocycles. The van der Waals surface area contributed by atoms with Crippen LogP contribution >= 0.6 is 0 Å². The Kier molecular flexibility index (Phi) is 4.15. The standard InChI is InChI=1S/C13H16FNO3/c14-10-3-1-4-11(9-10)18-8-7-15-6-2-5-12(15)13(16)17/h1,3-4,9,12H,2,5-8H2,(H,16,17)/t12-/m1/s1. The third-order valence-electron chi connectivity index (χ3n) is 3.09. The van der Waals surface area contributed by atoms with Crippen molar-refractivity contribution in [3.8, 4) is 5.75 Å². The topological polar surface area (TPSA) is 49.8 Å². The maximum atomic E-state index is 12.9. The Bertz CT molecular complexity index is 424. The lowest BCUT2D eigenvalue weighted by Crippen LogP contribution is -2.38. The highest BCUT2D eigenvalue weighted by Crippen LogP contribution is 2.17. The van der Waals surface area contributed by atoms with E-state index in [9.17, 15) is 9.18 Å². The Morgan fingerprint density at radius 1 is 1.56 bits per heavy atom. The first-order chi connectivity index (χ1) is 8.66. The van der Waals surface area contributed by atoms with E-state index < -0.39 is 12.0 Å². The number of aliphatic carboxylic acids is 1. The third-order valence-corrected chi connectivity index (χ3v) is 3.09. The van der Waals surface area contributed by atoms with E-state index in [1.165, 1.54) is 12.1 Å². The molecule has 0 aliphatic carbocycles. The number of halogens is 1. The van der Waals surface area contributed by atoms with E-state index in [-0.39, 0.29) is 5.82 Å². The summed E-state index contributed by atoms with van der Waals surface area (Å²) >= 11 is 0. The van der Waals surface area contributed by atoms with Crippen molar-refractivity contribution in [2.45, 2.75) is 18.9 Å². The lowest BCUT2D eigenvalue weighted by atomic mass is 10.2. The van der Waals surface area contributed by atoms with Gasteiger partial charge in [0, 0.05) is 12.6 Å². The van der Waals surface area contributed by atoms with Crippen LogP contribution in [0.3, 0.4) is 0 Å². The van der Waals surface area contributed by atoms with Gasteiger partial charge in [-0.05, 0) is 31.5 Å². The summed E-state index contributed by atoms with van der Waals surface area (Å²) < 4.78 is 18.3. The SMILES string of the molecule is O=C(O)[C@H]1CCCN1CCOc1cccc(F)c1. The Labute approximate surface area is 105 Å². The second-order valence-corrected chi connectivity index (χ2v) is 4.34. The van der Waals surface area contributed by atoms with Crippen LogP contribution in [0.2, 0.25) is 0 Å². The predicted molar refractivity (Wildman–Crippen MR) is 64.1 cm³/mol. The van der Waals surface area contributed by atoms with Gasteiger partial charge in [-0.3, -0.25) is 9.69 Å². The number of likely N-dealkylation sites (tertiary alicyclic amines) is 1. The third kappa shape index (κ3) is 3.20. The highest BCUT2D eigenvalue weighted by Gasteiger charge is 2.29. The molecule has 1 N–H and O–H groups in total. The molecule has 98 valence electrons. The van der Waals surface area contributed by atoms with Gasteiger partial charge in [0.1, 0.15) is 24.2 Å². The van der Waals surface area contributed by atoms with Crippen LogP contribution in [0.1, 0.15) is 12.8 Å². The molecule has 1 saturated heterocycles. The average Bonchev–Trinajstić information content (AvgIpc) is 2.77. The summed E-state index contributed by atoms with van der Waals surface area (Å²) in [4.78, 5) is 12.8. The molecule has 0 saturated carbocycles. The van der Waals surface area contributed by atoms with E-state index in [4.69, 9.17) is 9.84 Å². The second-order valence-electron chi connectivity index (χ2n) is 4.34. The van der Waals surface area contributed by atoms with Gasteiger partial charge in [0.05, 0.1) is 0 Å². The van der Waals surface area contributed by atoms with Crippen LogP contribution in [-0.2, 0) is 4.79 Å². The van der Waals surface area contributed by atoms with Crippen LogP contribution in [0.5, 0.6) is 5.75 Å². The number of nitrogens with zero attached hydrogens (tertiary/aromatic N) is 1. The largest absolute Gasteiger partial charge is 0.492 e. The Hall–Kier alpha value is -1.62. The molecule has 1 atom stereocenters. The quantitative estimate of drug-likeness (QED) is 0.868. The van der Waals surface area contributed by atoms with Gasteiger partial charge in [-0.1, -0.05) is 6.07 Å². The van der Waals surface area contributed by atoms with Crippen molar-refractivity contribution < 1.29 is 19.0 Å². The van der Waals surface area contributed by atoms with Crippen molar-refractivity contribution in [2.75, 3.05) is 19.7 Å². The smallest absolute Gasteiger partial charge is 0.320 e. The van der Waals surface area contributed by atoms with Crippen molar-refractivity contribution in [3.05, 3.63) is 30.1 Å². The van der Waals surface area contributed by atoms with E-state index in [1.807, 2.05) is 4.90 Å².